The second-order valence-electron chi connectivity index (χ2n) is 7.75. The van der Waals surface area contributed by atoms with Crippen LogP contribution in [-0.4, -0.2) is 21.2 Å². The van der Waals surface area contributed by atoms with E-state index < -0.39 is 27.7 Å². The third-order valence-electron chi connectivity index (χ3n) is 4.15. The highest BCUT2D eigenvalue weighted by atomic mass is 32.2. The van der Waals surface area contributed by atoms with Crippen molar-refractivity contribution < 1.29 is 13.3 Å². The lowest BCUT2D eigenvalue weighted by molar-refractivity contribution is 0.562. The van der Waals surface area contributed by atoms with Crippen LogP contribution in [0.4, 0.5) is 8.78 Å². The van der Waals surface area contributed by atoms with E-state index in [2.05, 4.69) is 9.39 Å². The summed E-state index contributed by atoms with van der Waals surface area (Å²) in [7, 11) is 0. The van der Waals surface area contributed by atoms with Gasteiger partial charge in [-0.05, 0) is 70.4 Å². The summed E-state index contributed by atoms with van der Waals surface area (Å²) in [6, 6.07) is 13.1. The minimum atomic E-state index is -1.46. The predicted octanol–water partition coefficient (Wildman–Crippen LogP) is 5.82. The van der Waals surface area contributed by atoms with Gasteiger partial charge in [0.2, 0.25) is 0 Å². The van der Waals surface area contributed by atoms with E-state index in [1.54, 1.807) is 6.92 Å². The smallest absolute Gasteiger partial charge is 0.144 e. The van der Waals surface area contributed by atoms with Gasteiger partial charge in [0, 0.05) is 11.3 Å². The molecule has 1 atom stereocenters. The Morgan fingerprint density at radius 2 is 1.72 bits per heavy atom. The van der Waals surface area contributed by atoms with Crippen molar-refractivity contribution >= 4 is 23.3 Å². The van der Waals surface area contributed by atoms with E-state index in [0.717, 1.165) is 29.3 Å². The van der Waals surface area contributed by atoms with Crippen molar-refractivity contribution in [1.82, 2.24) is 0 Å². The molecule has 3 nitrogen and oxygen atoms in total. The average Bonchev–Trinajstić information content (AvgIpc) is 2.66. The molecule has 154 valence electrons. The van der Waals surface area contributed by atoms with Gasteiger partial charge < -0.3 is 4.55 Å². The van der Waals surface area contributed by atoms with E-state index >= 15 is 0 Å². The summed E-state index contributed by atoms with van der Waals surface area (Å²) in [5.41, 5.74) is 2.84. The van der Waals surface area contributed by atoms with Gasteiger partial charge in [-0.25, -0.2) is 8.78 Å². The molecule has 0 fully saturated rings. The number of rotatable bonds is 6. The van der Waals surface area contributed by atoms with Crippen molar-refractivity contribution in [1.29, 1.82) is 0 Å². The standard InChI is InChI=1S/C23H26F2N2OS/c1-16(13-18-9-7-6-8-10-18)22(15-26-29(28)23(3,4)5)27-17(2)20-14-19(24)11-12-21(20)25/h6-12,14-15H,13H2,1-5H3/b22-16+,26-15?,27-17?. The van der Waals surface area contributed by atoms with Gasteiger partial charge in [-0.1, -0.05) is 34.7 Å². The third kappa shape index (κ3) is 6.91. The molecule has 2 aromatic carbocycles. The molecule has 6 heteroatoms. The zero-order valence-electron chi connectivity index (χ0n) is 17.4. The van der Waals surface area contributed by atoms with E-state index in [9.17, 15) is 13.3 Å². The first-order valence-electron chi connectivity index (χ1n) is 9.28. The molecule has 0 aliphatic heterocycles. The van der Waals surface area contributed by atoms with Gasteiger partial charge in [0.05, 0.1) is 5.70 Å². The van der Waals surface area contributed by atoms with Gasteiger partial charge in [0.1, 0.15) is 34.0 Å². The monoisotopic (exact) mass is 416 g/mol. The van der Waals surface area contributed by atoms with Crippen molar-refractivity contribution in [2.24, 2.45) is 9.39 Å². The second kappa shape index (κ2) is 9.94. The van der Waals surface area contributed by atoms with Crippen LogP contribution in [0.15, 0.2) is 69.2 Å². The first kappa shape index (κ1) is 23.0. The first-order valence-corrected chi connectivity index (χ1v) is 10.4. The van der Waals surface area contributed by atoms with Crippen LogP contribution >= 0.6 is 0 Å². The first-order chi connectivity index (χ1) is 13.6. The lowest BCUT2D eigenvalue weighted by Gasteiger charge is -2.18. The van der Waals surface area contributed by atoms with E-state index in [4.69, 9.17) is 0 Å². The van der Waals surface area contributed by atoms with Crippen LogP contribution in [0, 0.1) is 11.6 Å². The summed E-state index contributed by atoms with van der Waals surface area (Å²) in [5.74, 6) is -1.09. The lowest BCUT2D eigenvalue weighted by atomic mass is 10.0. The molecule has 0 radical (unpaired) electrons. The Morgan fingerprint density at radius 3 is 2.34 bits per heavy atom. The minimum absolute atomic E-state index is 0.0837. The lowest BCUT2D eigenvalue weighted by Crippen LogP contribution is -2.25. The highest BCUT2D eigenvalue weighted by Gasteiger charge is 2.26. The average molecular weight is 417 g/mol. The van der Waals surface area contributed by atoms with Gasteiger partial charge in [0.25, 0.3) is 0 Å². The van der Waals surface area contributed by atoms with Crippen LogP contribution < -0.4 is 0 Å². The number of allylic oxidation sites excluding steroid dienone is 2. The van der Waals surface area contributed by atoms with Crippen LogP contribution in [0.2, 0.25) is 0 Å². The molecule has 29 heavy (non-hydrogen) atoms. The molecule has 2 rings (SSSR count). The SMILES string of the molecule is CC(=N/C(C=N[S+]([O-])C(C)(C)C)=C(\C)Cc1ccccc1)c1cc(F)ccc1F. The van der Waals surface area contributed by atoms with E-state index in [1.165, 1.54) is 6.21 Å². The van der Waals surface area contributed by atoms with Crippen LogP contribution in [-0.2, 0) is 17.8 Å². The zero-order chi connectivity index (χ0) is 21.6. The molecule has 0 spiro atoms. The highest BCUT2D eigenvalue weighted by molar-refractivity contribution is 7.91. The Hall–Kier alpha value is -2.31. The maximum atomic E-state index is 14.1. The van der Waals surface area contributed by atoms with Gasteiger partial charge in [-0.3, -0.25) is 4.99 Å². The Bertz CT molecular complexity index is 932. The Balaban J connectivity index is 2.47. The number of benzene rings is 2. The molecule has 0 heterocycles. The van der Waals surface area contributed by atoms with Crippen molar-refractivity contribution in [3.05, 3.63) is 82.6 Å². The van der Waals surface area contributed by atoms with Crippen molar-refractivity contribution in [2.75, 3.05) is 0 Å². The molecule has 0 amide bonds. The molecule has 0 bridgehead atoms. The van der Waals surface area contributed by atoms with E-state index in [0.29, 0.717) is 17.8 Å². The van der Waals surface area contributed by atoms with Gasteiger partial charge >= 0.3 is 0 Å². The summed E-state index contributed by atoms with van der Waals surface area (Å²) >= 11 is -1.46. The maximum absolute atomic E-state index is 14.1. The Kier molecular flexibility index (Phi) is 7.88. The largest absolute Gasteiger partial charge is 0.591 e. The molecule has 0 saturated heterocycles. The van der Waals surface area contributed by atoms with E-state index in [-0.39, 0.29) is 5.56 Å². The number of halogens is 2. The van der Waals surface area contributed by atoms with Crippen LogP contribution in [0.1, 0.15) is 45.7 Å². The molecule has 0 N–H and O–H groups in total. The maximum Gasteiger partial charge on any atom is 0.144 e. The highest BCUT2D eigenvalue weighted by Crippen LogP contribution is 2.19. The van der Waals surface area contributed by atoms with Gasteiger partial charge in [-0.15, -0.1) is 0 Å². The normalized spacial score (nSPS) is 14.8. The number of nitrogens with zero attached hydrogens (tertiary/aromatic N) is 2. The van der Waals surface area contributed by atoms with Crippen molar-refractivity contribution in [3.8, 4) is 0 Å². The second-order valence-corrected chi connectivity index (χ2v) is 9.68. The van der Waals surface area contributed by atoms with Crippen molar-refractivity contribution in [3.63, 3.8) is 0 Å². The van der Waals surface area contributed by atoms with Crippen LogP contribution in [0.25, 0.3) is 0 Å². The summed E-state index contributed by atoms with van der Waals surface area (Å²) in [6.45, 7) is 9.00. The van der Waals surface area contributed by atoms with Crippen LogP contribution in [0.5, 0.6) is 0 Å². The summed E-state index contributed by atoms with van der Waals surface area (Å²) in [6.07, 6.45) is 2.06. The van der Waals surface area contributed by atoms with Gasteiger partial charge in [0.15, 0.2) is 0 Å². The predicted molar refractivity (Wildman–Crippen MR) is 118 cm³/mol. The number of hydrogen-bond donors (Lipinski definition) is 0. The Labute approximate surface area is 174 Å². The summed E-state index contributed by atoms with van der Waals surface area (Å²) in [4.78, 5) is 4.50. The topological polar surface area (TPSA) is 47.8 Å². The Morgan fingerprint density at radius 1 is 1.07 bits per heavy atom. The van der Waals surface area contributed by atoms with Crippen LogP contribution in [0.3, 0.4) is 0 Å². The van der Waals surface area contributed by atoms with Crippen molar-refractivity contribution in [2.45, 2.75) is 45.8 Å². The zero-order valence-corrected chi connectivity index (χ0v) is 18.2. The molecular weight excluding hydrogens is 390 g/mol. The third-order valence-corrected chi connectivity index (χ3v) is 5.49. The fraction of sp³-hybridized carbons (Fsp3) is 0.304. The molecule has 0 aliphatic rings. The molecule has 1 unspecified atom stereocenters. The molecule has 0 saturated carbocycles. The molecule has 0 aliphatic carbocycles. The minimum Gasteiger partial charge on any atom is -0.591 e. The molecule has 2 aromatic rings. The number of aliphatic imine (C=N–C) groups is 1. The summed E-state index contributed by atoms with van der Waals surface area (Å²) in [5, 5.41) is 0. The quantitative estimate of drug-likeness (QED) is 0.432. The van der Waals surface area contributed by atoms with E-state index in [1.807, 2.05) is 58.0 Å². The fourth-order valence-electron chi connectivity index (χ4n) is 2.50. The number of hydrogen-bond acceptors (Lipinski definition) is 3. The fourth-order valence-corrected chi connectivity index (χ4v) is 3.01. The molecular formula is C23H26F2N2OS. The molecule has 0 aromatic heterocycles. The van der Waals surface area contributed by atoms with Gasteiger partial charge in [-0.2, -0.15) is 0 Å². The summed E-state index contributed by atoms with van der Waals surface area (Å²) < 4.78 is 43.7.